The maximum absolute atomic E-state index is 8.81. The van der Waals surface area contributed by atoms with Gasteiger partial charge in [0.25, 0.3) is 0 Å². The van der Waals surface area contributed by atoms with Crippen molar-refractivity contribution in [2.24, 2.45) is 0 Å². The van der Waals surface area contributed by atoms with Gasteiger partial charge in [0.15, 0.2) is 0 Å². The number of hydrogen-bond donors (Lipinski definition) is 3. The van der Waals surface area contributed by atoms with Crippen molar-refractivity contribution in [2.75, 3.05) is 0 Å². The van der Waals surface area contributed by atoms with E-state index >= 15 is 0 Å². The first-order valence-electron chi connectivity index (χ1n) is 2.50. The average molecular weight is 373 g/mol. The number of rotatable bonds is 1. The van der Waals surface area contributed by atoms with Crippen LogP contribution in [0.2, 0.25) is 0 Å². The summed E-state index contributed by atoms with van der Waals surface area (Å²) < 4.78 is 3.65. The minimum atomic E-state index is 0. The molecule has 0 radical (unpaired) electrons. The van der Waals surface area contributed by atoms with E-state index in [1.807, 2.05) is 13.6 Å². The Morgan fingerprint density at radius 1 is 0.778 bits per heavy atom. The van der Waals surface area contributed by atoms with E-state index in [1.165, 1.54) is 0 Å². The van der Waals surface area contributed by atoms with E-state index in [2.05, 4.69) is 4.52 Å². The summed E-state index contributed by atoms with van der Waals surface area (Å²) in [5.41, 5.74) is 0. The molecule has 12 heteroatoms. The van der Waals surface area contributed by atoms with Gasteiger partial charge in [0.05, 0.1) is 0 Å². The fraction of sp³-hybridized carbons (Fsp3) is 0. The summed E-state index contributed by atoms with van der Waals surface area (Å²) in [5, 5.41) is 20.3. The molecule has 0 fully saturated rings. The molecule has 18 heavy (non-hydrogen) atoms. The van der Waals surface area contributed by atoms with Crippen LogP contribution < -0.4 is 0 Å². The largest absolute Gasteiger partial charge is 4.00 e. The Hall–Kier alpha value is -1.73. The molecule has 0 aliphatic heterocycles. The molecule has 0 rings (SSSR count). The van der Waals surface area contributed by atoms with Crippen LogP contribution in [0.5, 0.6) is 0 Å². The third-order valence-electron chi connectivity index (χ3n) is 0.0481. The molecule has 0 spiro atoms. The maximum atomic E-state index is 8.81. The Kier molecular flexibility index (Phi) is 712. The molecule has 10 nitrogen and oxygen atoms in total. The van der Waals surface area contributed by atoms with Gasteiger partial charge in [-0.2, -0.15) is 0 Å². The first-order valence-corrected chi connectivity index (χ1v) is 2.98. The number of carbonyl (C=O) groups excluding carboxylic acids is 3. The van der Waals surface area contributed by atoms with Crippen LogP contribution in [0, 0.1) is 0 Å². The molecule has 1 atom stereocenters. The van der Waals surface area contributed by atoms with Gasteiger partial charge in [0.2, 0.25) is 0 Å². The molecule has 0 aromatic rings. The molecular formula is C6H9O10PRu. The summed E-state index contributed by atoms with van der Waals surface area (Å²) in [6.45, 7) is 6.64. The van der Waals surface area contributed by atoms with Gasteiger partial charge in [-0.1, -0.05) is 25.9 Å². The molecule has 0 saturated carbocycles. The van der Waals surface area contributed by atoms with Gasteiger partial charge in [-0.05, 0) is 0 Å². The van der Waals surface area contributed by atoms with Crippen LogP contribution in [0.25, 0.3) is 0 Å². The molecule has 3 N–H and O–H groups in total. The number of aliphatic hydroxyl groups excluding tert-OH is 3. The summed E-state index contributed by atoms with van der Waals surface area (Å²) in [5.74, 6) is 0. The van der Waals surface area contributed by atoms with Gasteiger partial charge in [0.1, 0.15) is 13.6 Å². The van der Waals surface area contributed by atoms with E-state index < -0.39 is 0 Å². The number of carbonyl (C=O) groups is 2. The molecule has 0 aromatic carbocycles. The van der Waals surface area contributed by atoms with Crippen LogP contribution in [-0.4, -0.2) is 54.8 Å². The van der Waals surface area contributed by atoms with Crippen molar-refractivity contribution in [3.8, 4) is 0 Å². The van der Waals surface area contributed by atoms with Crippen molar-refractivity contribution >= 4 is 48.9 Å². The zero-order chi connectivity index (χ0) is 15.5. The Morgan fingerprint density at radius 2 is 0.833 bits per heavy atom. The molecule has 0 bridgehead atoms. The Balaban J connectivity index is -0.0000000163. The smallest absolute Gasteiger partial charge is 0.665 e. The van der Waals surface area contributed by atoms with E-state index in [0.717, 1.165) is 6.47 Å². The summed E-state index contributed by atoms with van der Waals surface area (Å²) in [6, 6.07) is 0. The van der Waals surface area contributed by atoms with E-state index in [1.54, 1.807) is 9.47 Å². The summed E-state index contributed by atoms with van der Waals surface area (Å²) >= 11 is 0. The van der Waals surface area contributed by atoms with Crippen LogP contribution in [-0.2, 0) is 52.8 Å². The van der Waals surface area contributed by atoms with E-state index in [9.17, 15) is 0 Å². The van der Waals surface area contributed by atoms with Crippen LogP contribution >= 0.6 is 9.47 Å². The first kappa shape index (κ1) is 44.1. The van der Waals surface area contributed by atoms with Gasteiger partial charge in [-0.15, -0.1) is 0 Å². The Bertz CT molecular complexity index is 119. The van der Waals surface area contributed by atoms with Crippen molar-refractivity contribution < 1.29 is 68.1 Å². The quantitative estimate of drug-likeness (QED) is 0.274. The van der Waals surface area contributed by atoms with Gasteiger partial charge in [-0.25, -0.2) is 0 Å². The van der Waals surface area contributed by atoms with Crippen LogP contribution in [0.1, 0.15) is 0 Å². The van der Waals surface area contributed by atoms with Crippen LogP contribution in [0.15, 0.2) is 0 Å². The minimum absolute atomic E-state index is 0. The van der Waals surface area contributed by atoms with Gasteiger partial charge in [0, 0.05) is 9.47 Å². The number of hydrogen-bond acceptors (Lipinski definition) is 7. The maximum Gasteiger partial charge on any atom is 4.00 e. The molecule has 0 saturated heterocycles. The molecular weight excluding hydrogens is 364 g/mol. The van der Waals surface area contributed by atoms with Crippen LogP contribution in [0.4, 0.5) is 0 Å². The normalized spacial score (nSPS) is 3.61. The van der Waals surface area contributed by atoms with E-state index in [0.29, 0.717) is 19.4 Å². The van der Waals surface area contributed by atoms with Gasteiger partial charge >= 0.3 is 19.5 Å². The second-order valence-electron chi connectivity index (χ2n) is 0.475. The van der Waals surface area contributed by atoms with Gasteiger partial charge in [-0.3, -0.25) is 0 Å². The third-order valence-corrected chi connectivity index (χ3v) is 0.144. The van der Waals surface area contributed by atoms with E-state index in [4.69, 9.17) is 44.1 Å². The molecule has 0 amide bonds. The monoisotopic (exact) mass is 374 g/mol. The first-order chi connectivity index (χ1) is 8.16. The van der Waals surface area contributed by atoms with E-state index in [-0.39, 0.29) is 19.5 Å². The van der Waals surface area contributed by atoms with Crippen molar-refractivity contribution in [1.29, 1.82) is 0 Å². The Labute approximate surface area is 117 Å². The fourth-order valence-corrected chi connectivity index (χ4v) is 0. The van der Waals surface area contributed by atoms with Crippen molar-refractivity contribution in [3.05, 3.63) is 0 Å². The van der Waals surface area contributed by atoms with Crippen LogP contribution in [0.3, 0.4) is 0 Å². The van der Waals surface area contributed by atoms with Crippen molar-refractivity contribution in [2.45, 2.75) is 0 Å². The SMILES string of the molecule is C=O.C=O.O=[C-]O.O=[C-]O.O=[C-]O.O=[C-]OP.[Ru+4]. The second-order valence-corrected chi connectivity index (χ2v) is 0.711. The summed E-state index contributed by atoms with van der Waals surface area (Å²) in [6.07, 6.45) is 0. The predicted octanol–water partition coefficient (Wildman–Crippen LogP) is -1.68. The molecule has 0 aliphatic rings. The standard InChI is InChI=1S/CH2O2P.3CHO2.2CH2O.Ru/c2-1-3-4;3*2-1-3;2*1-2;/h4H2;3*(H,2,3);2*1H2;/q4*-1;;;+4. The molecule has 106 valence electrons. The zero-order valence-corrected chi connectivity index (χ0v) is 11.4. The molecule has 0 heterocycles. The van der Waals surface area contributed by atoms with Gasteiger partial charge < -0.3 is 48.6 Å². The van der Waals surface area contributed by atoms with Crippen molar-refractivity contribution in [3.63, 3.8) is 0 Å². The summed E-state index contributed by atoms with van der Waals surface area (Å²) in [4.78, 5) is 49.5. The predicted molar refractivity (Wildman–Crippen MR) is 55.7 cm³/mol. The topological polar surface area (TPSA) is 172 Å². The zero-order valence-electron chi connectivity index (χ0n) is 8.54. The van der Waals surface area contributed by atoms with Crippen molar-refractivity contribution in [1.82, 2.24) is 0 Å². The average Bonchev–Trinajstić information content (AvgIpc) is 2.37. The molecule has 0 aromatic heterocycles. The minimum Gasteiger partial charge on any atom is -0.665 e. The molecule has 1 unspecified atom stereocenters. The second kappa shape index (κ2) is 290. The third kappa shape index (κ3) is 4760. The Morgan fingerprint density at radius 3 is 0.833 bits per heavy atom. The molecule has 0 aliphatic carbocycles. The fourth-order valence-electron chi connectivity index (χ4n) is 0. The summed E-state index contributed by atoms with van der Waals surface area (Å²) in [7, 11) is 1.73.